The van der Waals surface area contributed by atoms with Gasteiger partial charge in [-0.1, -0.05) is 6.07 Å². The van der Waals surface area contributed by atoms with Crippen molar-refractivity contribution in [2.24, 2.45) is 0 Å². The Bertz CT molecular complexity index is 1130. The van der Waals surface area contributed by atoms with Crippen molar-refractivity contribution >= 4 is 11.6 Å². The normalized spacial score (nSPS) is 16.5. The summed E-state index contributed by atoms with van der Waals surface area (Å²) in [6, 6.07) is 9.33. The van der Waals surface area contributed by atoms with Crippen LogP contribution in [0.15, 0.2) is 48.9 Å². The van der Waals surface area contributed by atoms with E-state index in [2.05, 4.69) is 29.8 Å². The van der Waals surface area contributed by atoms with Crippen LogP contribution in [-0.2, 0) is 6.54 Å². The molecule has 0 aromatic carbocycles. The average Bonchev–Trinajstić information content (AvgIpc) is 3.33. The van der Waals surface area contributed by atoms with Gasteiger partial charge in [-0.25, -0.2) is 9.50 Å². The summed E-state index contributed by atoms with van der Waals surface area (Å²) in [6.45, 7) is 2.97. The molecule has 5 rings (SSSR count). The van der Waals surface area contributed by atoms with E-state index >= 15 is 0 Å². The minimum absolute atomic E-state index is 0.0249. The number of fused-ring (bicyclic) bond motifs is 2. The third-order valence-electron chi connectivity index (χ3n) is 4.70. The molecule has 0 radical (unpaired) electrons. The van der Waals surface area contributed by atoms with Gasteiger partial charge in [0.1, 0.15) is 5.69 Å². The first-order chi connectivity index (χ1) is 13.2. The molecule has 0 N–H and O–H groups in total. The summed E-state index contributed by atoms with van der Waals surface area (Å²) in [5.74, 6) is 1.34. The summed E-state index contributed by atoms with van der Waals surface area (Å²) < 4.78 is 3.62. The topological polar surface area (TPSA) is 94.1 Å². The van der Waals surface area contributed by atoms with Crippen molar-refractivity contribution in [3.8, 4) is 11.5 Å². The Hall–Kier alpha value is -3.62. The molecule has 0 spiro atoms. The number of imidazole rings is 1. The Kier molecular flexibility index (Phi) is 3.46. The molecule has 134 valence electrons. The lowest BCUT2D eigenvalue weighted by atomic mass is 10.2. The molecule has 1 atom stereocenters. The maximum atomic E-state index is 13.1. The number of rotatable bonds is 2. The molecule has 0 aliphatic carbocycles. The second kappa shape index (κ2) is 5.97. The van der Waals surface area contributed by atoms with Gasteiger partial charge in [-0.15, -0.1) is 10.2 Å². The number of aromatic nitrogens is 7. The van der Waals surface area contributed by atoms with Gasteiger partial charge in [-0.2, -0.15) is 5.10 Å². The molecule has 9 nitrogen and oxygen atoms in total. The molecule has 4 aromatic rings. The van der Waals surface area contributed by atoms with E-state index in [4.69, 9.17) is 0 Å². The van der Waals surface area contributed by atoms with E-state index in [1.807, 2.05) is 31.2 Å². The molecular weight excluding hydrogens is 344 g/mol. The molecule has 5 heterocycles. The van der Waals surface area contributed by atoms with Gasteiger partial charge in [0.2, 0.25) is 0 Å². The van der Waals surface area contributed by atoms with Crippen LogP contribution in [-0.4, -0.2) is 51.7 Å². The van der Waals surface area contributed by atoms with Gasteiger partial charge in [0.25, 0.3) is 5.91 Å². The molecular formula is C18H16N8O. The first-order valence-electron chi connectivity index (χ1n) is 8.65. The monoisotopic (exact) mass is 360 g/mol. The third kappa shape index (κ3) is 2.47. The van der Waals surface area contributed by atoms with E-state index in [1.165, 1.54) is 0 Å². The van der Waals surface area contributed by atoms with Gasteiger partial charge in [-0.3, -0.25) is 9.78 Å². The minimum atomic E-state index is -0.123. The molecule has 0 saturated heterocycles. The van der Waals surface area contributed by atoms with Crippen molar-refractivity contribution in [1.82, 2.24) is 39.2 Å². The summed E-state index contributed by atoms with van der Waals surface area (Å²) in [5, 5.41) is 12.8. The molecule has 0 fully saturated rings. The maximum Gasteiger partial charge on any atom is 0.274 e. The second-order valence-electron chi connectivity index (χ2n) is 6.50. The van der Waals surface area contributed by atoms with Gasteiger partial charge in [0, 0.05) is 18.9 Å². The highest BCUT2D eigenvalue weighted by molar-refractivity contribution is 5.93. The molecule has 1 aliphatic rings. The highest BCUT2D eigenvalue weighted by Gasteiger charge is 2.31. The quantitative estimate of drug-likeness (QED) is 0.539. The van der Waals surface area contributed by atoms with E-state index in [0.717, 1.165) is 17.3 Å². The van der Waals surface area contributed by atoms with Crippen LogP contribution in [0.5, 0.6) is 0 Å². The van der Waals surface area contributed by atoms with Crippen LogP contribution in [0.2, 0.25) is 0 Å². The number of carbonyl (C=O) groups is 1. The summed E-state index contributed by atoms with van der Waals surface area (Å²) >= 11 is 0. The van der Waals surface area contributed by atoms with Crippen molar-refractivity contribution in [1.29, 1.82) is 0 Å². The highest BCUT2D eigenvalue weighted by Crippen LogP contribution is 2.27. The zero-order valence-electron chi connectivity index (χ0n) is 14.6. The lowest BCUT2D eigenvalue weighted by Gasteiger charge is -2.32. The maximum absolute atomic E-state index is 13.1. The summed E-state index contributed by atoms with van der Waals surface area (Å²) in [5.41, 5.74) is 1.86. The second-order valence-corrected chi connectivity index (χ2v) is 6.50. The van der Waals surface area contributed by atoms with Crippen LogP contribution in [0.3, 0.4) is 0 Å². The predicted molar refractivity (Wildman–Crippen MR) is 95.7 cm³/mol. The number of hydrogen-bond acceptors (Lipinski definition) is 6. The third-order valence-corrected chi connectivity index (χ3v) is 4.70. The van der Waals surface area contributed by atoms with Crippen molar-refractivity contribution in [2.75, 3.05) is 6.54 Å². The van der Waals surface area contributed by atoms with Crippen molar-refractivity contribution in [3.63, 3.8) is 0 Å². The predicted octanol–water partition coefficient (Wildman–Crippen LogP) is 1.60. The Labute approximate surface area is 154 Å². The fourth-order valence-corrected chi connectivity index (χ4v) is 3.49. The number of hydrogen-bond donors (Lipinski definition) is 0. The number of pyridine rings is 1. The number of carbonyl (C=O) groups excluding carboxylic acids is 1. The van der Waals surface area contributed by atoms with Gasteiger partial charge in [0.05, 0.1) is 18.8 Å². The van der Waals surface area contributed by atoms with Crippen LogP contribution >= 0.6 is 0 Å². The van der Waals surface area contributed by atoms with Gasteiger partial charge in [-0.05, 0) is 31.2 Å². The SMILES string of the molecule is C[C@H]1CN(C(=O)c2cnc3cccnn23)Cc2nnc(-c3ccccn3)n21. The highest BCUT2D eigenvalue weighted by atomic mass is 16.2. The van der Waals surface area contributed by atoms with Crippen LogP contribution in [0.25, 0.3) is 17.2 Å². The van der Waals surface area contributed by atoms with E-state index in [1.54, 1.807) is 34.1 Å². The zero-order chi connectivity index (χ0) is 18.4. The van der Waals surface area contributed by atoms with Gasteiger partial charge >= 0.3 is 0 Å². The zero-order valence-corrected chi connectivity index (χ0v) is 14.6. The summed E-state index contributed by atoms with van der Waals surface area (Å²) in [4.78, 5) is 23.4. The van der Waals surface area contributed by atoms with Crippen LogP contribution in [0.4, 0.5) is 0 Å². The Morgan fingerprint density at radius 1 is 1.11 bits per heavy atom. The van der Waals surface area contributed by atoms with E-state index in [-0.39, 0.29) is 11.9 Å². The van der Waals surface area contributed by atoms with Crippen LogP contribution in [0, 0.1) is 0 Å². The van der Waals surface area contributed by atoms with E-state index in [0.29, 0.717) is 24.4 Å². The molecule has 0 bridgehead atoms. The largest absolute Gasteiger partial charge is 0.328 e. The van der Waals surface area contributed by atoms with Crippen molar-refractivity contribution in [3.05, 3.63) is 60.4 Å². The first-order valence-corrected chi connectivity index (χ1v) is 8.65. The van der Waals surface area contributed by atoms with E-state index < -0.39 is 0 Å². The first kappa shape index (κ1) is 15.6. The van der Waals surface area contributed by atoms with Crippen molar-refractivity contribution < 1.29 is 4.79 Å². The molecule has 1 amide bonds. The molecule has 1 aliphatic heterocycles. The molecule has 4 aromatic heterocycles. The van der Waals surface area contributed by atoms with E-state index in [9.17, 15) is 4.79 Å². The smallest absolute Gasteiger partial charge is 0.274 e. The fraction of sp³-hybridized carbons (Fsp3) is 0.222. The van der Waals surface area contributed by atoms with Crippen LogP contribution < -0.4 is 0 Å². The summed E-state index contributed by atoms with van der Waals surface area (Å²) in [6.07, 6.45) is 4.94. The average molecular weight is 360 g/mol. The molecule has 0 unspecified atom stereocenters. The lowest BCUT2D eigenvalue weighted by Crippen LogP contribution is -2.41. The summed E-state index contributed by atoms with van der Waals surface area (Å²) in [7, 11) is 0. The molecule has 9 heteroatoms. The number of amides is 1. The minimum Gasteiger partial charge on any atom is -0.328 e. The molecule has 0 saturated carbocycles. The van der Waals surface area contributed by atoms with Gasteiger partial charge in [0.15, 0.2) is 23.0 Å². The van der Waals surface area contributed by atoms with Crippen LogP contribution in [0.1, 0.15) is 29.3 Å². The standard InChI is InChI=1S/C18H16N8O/c1-12-10-24(18(27)14-9-20-15-6-4-8-21-26(14)15)11-16-22-23-17(25(12)16)13-5-2-3-7-19-13/h2-9,12H,10-11H2,1H3/t12-/m0/s1. The Balaban J connectivity index is 1.49. The van der Waals surface area contributed by atoms with Crippen molar-refractivity contribution in [2.45, 2.75) is 19.5 Å². The Morgan fingerprint density at radius 2 is 2.04 bits per heavy atom. The lowest BCUT2D eigenvalue weighted by molar-refractivity contribution is 0.0673. The molecule has 27 heavy (non-hydrogen) atoms. The Morgan fingerprint density at radius 3 is 2.89 bits per heavy atom. The fourth-order valence-electron chi connectivity index (χ4n) is 3.49. The number of nitrogens with zero attached hydrogens (tertiary/aromatic N) is 8. The van der Waals surface area contributed by atoms with Gasteiger partial charge < -0.3 is 9.47 Å².